The average Bonchev–Trinajstić information content (AvgIpc) is 2.79. The Morgan fingerprint density at radius 1 is 1.11 bits per heavy atom. The lowest BCUT2D eigenvalue weighted by Crippen LogP contribution is -2.09. The summed E-state index contributed by atoms with van der Waals surface area (Å²) in [5, 5.41) is 0.975. The van der Waals surface area contributed by atoms with Gasteiger partial charge in [0.2, 0.25) is 0 Å². The molecular formula is C14H10N2OS. The van der Waals surface area contributed by atoms with Crippen molar-refractivity contribution in [2.24, 2.45) is 5.73 Å². The van der Waals surface area contributed by atoms with Crippen molar-refractivity contribution in [1.29, 1.82) is 0 Å². The molecule has 2 N–H and O–H groups in total. The number of rotatable bonds is 2. The van der Waals surface area contributed by atoms with Crippen LogP contribution in [0.3, 0.4) is 0 Å². The zero-order valence-corrected chi connectivity index (χ0v) is 10.3. The summed E-state index contributed by atoms with van der Waals surface area (Å²) >= 11 is 1.34. The smallest absolute Gasteiger partial charge is 0.259 e. The summed E-state index contributed by atoms with van der Waals surface area (Å²) in [5.41, 5.74) is 7.34. The third-order valence-electron chi connectivity index (χ3n) is 2.75. The minimum atomic E-state index is -0.406. The number of amides is 1. The number of carbonyl (C=O) groups excluding carboxylic acids is 1. The van der Waals surface area contributed by atoms with E-state index in [0.717, 1.165) is 21.3 Å². The maximum atomic E-state index is 11.6. The molecule has 2 heterocycles. The molecular weight excluding hydrogens is 244 g/mol. The second-order valence-corrected chi connectivity index (χ2v) is 4.89. The van der Waals surface area contributed by atoms with Crippen molar-refractivity contribution in [1.82, 2.24) is 4.98 Å². The largest absolute Gasteiger partial charge is 0.365 e. The lowest BCUT2D eigenvalue weighted by Gasteiger charge is -2.01. The molecule has 3 nitrogen and oxygen atoms in total. The molecule has 0 aliphatic carbocycles. The highest BCUT2D eigenvalue weighted by molar-refractivity contribution is 7.21. The highest BCUT2D eigenvalue weighted by Crippen LogP contribution is 2.37. The van der Waals surface area contributed by atoms with Crippen LogP contribution in [0.5, 0.6) is 0 Å². The number of pyridine rings is 1. The molecule has 2 aromatic heterocycles. The molecule has 88 valence electrons. The normalized spacial score (nSPS) is 10.7. The number of fused-ring (bicyclic) bond motifs is 1. The summed E-state index contributed by atoms with van der Waals surface area (Å²) in [6.45, 7) is 0. The Morgan fingerprint density at radius 2 is 1.89 bits per heavy atom. The number of benzene rings is 1. The van der Waals surface area contributed by atoms with Crippen molar-refractivity contribution in [2.75, 3.05) is 0 Å². The van der Waals surface area contributed by atoms with Crippen LogP contribution < -0.4 is 5.73 Å². The van der Waals surface area contributed by atoms with Crippen LogP contribution in [0.15, 0.2) is 48.7 Å². The number of nitrogens with zero attached hydrogens (tertiary/aromatic N) is 1. The standard InChI is InChI=1S/C14H10N2OS/c15-13(17)12-11(9-5-2-1-3-6-9)10-7-4-8-16-14(10)18-12/h1-8H,(H2,15,17). The molecule has 1 aromatic carbocycles. The number of thiophene rings is 1. The first kappa shape index (κ1) is 10.9. The molecule has 0 saturated heterocycles. The Labute approximate surface area is 108 Å². The van der Waals surface area contributed by atoms with Gasteiger partial charge in [0.05, 0.1) is 0 Å². The van der Waals surface area contributed by atoms with Gasteiger partial charge in [-0.2, -0.15) is 0 Å². The predicted octanol–water partition coefficient (Wildman–Crippen LogP) is 3.06. The number of aromatic nitrogens is 1. The first-order valence-corrected chi connectivity index (χ1v) is 6.32. The van der Waals surface area contributed by atoms with Gasteiger partial charge in [0.25, 0.3) is 5.91 Å². The van der Waals surface area contributed by atoms with Gasteiger partial charge in [-0.3, -0.25) is 4.79 Å². The molecule has 0 atom stereocenters. The Kier molecular flexibility index (Phi) is 2.57. The van der Waals surface area contributed by atoms with E-state index in [4.69, 9.17) is 5.73 Å². The van der Waals surface area contributed by atoms with Crippen LogP contribution in [-0.4, -0.2) is 10.9 Å². The second-order valence-electron chi connectivity index (χ2n) is 3.89. The monoisotopic (exact) mass is 254 g/mol. The molecule has 0 fully saturated rings. The zero-order chi connectivity index (χ0) is 12.5. The molecule has 18 heavy (non-hydrogen) atoms. The highest BCUT2D eigenvalue weighted by Gasteiger charge is 2.17. The SMILES string of the molecule is NC(=O)c1sc2ncccc2c1-c1ccccc1. The summed E-state index contributed by atoms with van der Waals surface area (Å²) in [5.74, 6) is -0.406. The maximum absolute atomic E-state index is 11.6. The van der Waals surface area contributed by atoms with E-state index < -0.39 is 5.91 Å². The third kappa shape index (κ3) is 1.67. The van der Waals surface area contributed by atoms with Crippen LogP contribution in [0.1, 0.15) is 9.67 Å². The van der Waals surface area contributed by atoms with Gasteiger partial charge in [0.1, 0.15) is 9.71 Å². The van der Waals surface area contributed by atoms with E-state index in [1.54, 1.807) is 6.20 Å². The van der Waals surface area contributed by atoms with Crippen LogP contribution in [-0.2, 0) is 0 Å². The fraction of sp³-hybridized carbons (Fsp3) is 0. The fourth-order valence-electron chi connectivity index (χ4n) is 2.00. The summed E-state index contributed by atoms with van der Waals surface area (Å²) in [6, 6.07) is 13.6. The Bertz CT molecular complexity index is 719. The quantitative estimate of drug-likeness (QED) is 0.764. The first-order valence-electron chi connectivity index (χ1n) is 5.50. The fourth-order valence-corrected chi connectivity index (χ4v) is 3.01. The second kappa shape index (κ2) is 4.23. The molecule has 3 aromatic rings. The van der Waals surface area contributed by atoms with Gasteiger partial charge in [-0.1, -0.05) is 30.3 Å². The van der Waals surface area contributed by atoms with Crippen molar-refractivity contribution < 1.29 is 4.79 Å². The molecule has 0 bridgehead atoms. The van der Waals surface area contributed by atoms with E-state index in [9.17, 15) is 4.79 Å². The van der Waals surface area contributed by atoms with Crippen LogP contribution in [0.25, 0.3) is 21.3 Å². The Morgan fingerprint density at radius 3 is 2.61 bits per heavy atom. The maximum Gasteiger partial charge on any atom is 0.259 e. The van der Waals surface area contributed by atoms with Gasteiger partial charge < -0.3 is 5.73 Å². The third-order valence-corrected chi connectivity index (χ3v) is 3.88. The molecule has 3 rings (SSSR count). The van der Waals surface area contributed by atoms with E-state index >= 15 is 0 Å². The van der Waals surface area contributed by atoms with Gasteiger partial charge in [0, 0.05) is 17.1 Å². The number of carbonyl (C=O) groups is 1. The lowest BCUT2D eigenvalue weighted by atomic mass is 10.0. The minimum Gasteiger partial charge on any atom is -0.365 e. The van der Waals surface area contributed by atoms with Gasteiger partial charge in [0.15, 0.2) is 0 Å². The molecule has 0 saturated carbocycles. The van der Waals surface area contributed by atoms with E-state index in [-0.39, 0.29) is 0 Å². The van der Waals surface area contributed by atoms with Gasteiger partial charge in [-0.15, -0.1) is 11.3 Å². The van der Waals surface area contributed by atoms with Crippen LogP contribution in [0.2, 0.25) is 0 Å². The van der Waals surface area contributed by atoms with E-state index in [2.05, 4.69) is 4.98 Å². The summed E-state index contributed by atoms with van der Waals surface area (Å²) in [4.78, 5) is 17.3. The molecule has 1 amide bonds. The number of primary amides is 1. The topological polar surface area (TPSA) is 56.0 Å². The van der Waals surface area contributed by atoms with E-state index in [1.807, 2.05) is 42.5 Å². The number of nitrogens with two attached hydrogens (primary N) is 1. The first-order chi connectivity index (χ1) is 8.77. The number of hydrogen-bond acceptors (Lipinski definition) is 3. The Balaban J connectivity index is 2.38. The summed E-state index contributed by atoms with van der Waals surface area (Å²) in [7, 11) is 0. The predicted molar refractivity (Wildman–Crippen MR) is 73.6 cm³/mol. The van der Waals surface area contributed by atoms with Crippen molar-refractivity contribution in [3.8, 4) is 11.1 Å². The molecule has 0 radical (unpaired) electrons. The van der Waals surface area contributed by atoms with Crippen molar-refractivity contribution in [3.05, 3.63) is 53.5 Å². The van der Waals surface area contributed by atoms with Crippen molar-refractivity contribution in [2.45, 2.75) is 0 Å². The number of hydrogen-bond donors (Lipinski definition) is 1. The highest BCUT2D eigenvalue weighted by atomic mass is 32.1. The zero-order valence-electron chi connectivity index (χ0n) is 9.46. The van der Waals surface area contributed by atoms with Gasteiger partial charge >= 0.3 is 0 Å². The average molecular weight is 254 g/mol. The summed E-state index contributed by atoms with van der Waals surface area (Å²) in [6.07, 6.45) is 1.72. The summed E-state index contributed by atoms with van der Waals surface area (Å²) < 4.78 is 0. The Hall–Kier alpha value is -2.20. The molecule has 0 aliphatic rings. The van der Waals surface area contributed by atoms with Crippen molar-refractivity contribution in [3.63, 3.8) is 0 Å². The van der Waals surface area contributed by atoms with Crippen LogP contribution >= 0.6 is 11.3 Å². The van der Waals surface area contributed by atoms with E-state index in [1.165, 1.54) is 11.3 Å². The molecule has 4 heteroatoms. The minimum absolute atomic E-state index is 0.406. The van der Waals surface area contributed by atoms with Crippen LogP contribution in [0, 0.1) is 0 Å². The molecule has 0 spiro atoms. The molecule has 0 unspecified atom stereocenters. The van der Waals surface area contributed by atoms with Crippen LogP contribution in [0.4, 0.5) is 0 Å². The molecule has 0 aliphatic heterocycles. The van der Waals surface area contributed by atoms with Gasteiger partial charge in [-0.05, 0) is 17.7 Å². The van der Waals surface area contributed by atoms with E-state index in [0.29, 0.717) is 4.88 Å². The lowest BCUT2D eigenvalue weighted by molar-refractivity contribution is 0.100. The van der Waals surface area contributed by atoms with Gasteiger partial charge in [-0.25, -0.2) is 4.98 Å². The van der Waals surface area contributed by atoms with Crippen molar-refractivity contribution >= 4 is 27.5 Å².